The Morgan fingerprint density at radius 3 is 1.21 bits per heavy atom. The molecular weight excluding hydrogens is 723 g/mol. The first-order chi connectivity index (χ1) is 27.3. The third kappa shape index (κ3) is 45.2. The molecule has 0 aliphatic carbocycles. The molecular formula is C47H89O8P. The second-order valence-corrected chi connectivity index (χ2v) is 17.3. The first-order valence-corrected chi connectivity index (χ1v) is 25.2. The van der Waals surface area contributed by atoms with E-state index in [4.69, 9.17) is 19.3 Å². The molecule has 1 unspecified atom stereocenters. The lowest BCUT2D eigenvalue weighted by Crippen LogP contribution is -2.29. The zero-order valence-electron chi connectivity index (χ0n) is 36.5. The molecule has 0 radical (unpaired) electrons. The number of phosphoric acid groups is 1. The van der Waals surface area contributed by atoms with Crippen LogP contribution in [0.4, 0.5) is 0 Å². The van der Waals surface area contributed by atoms with E-state index in [1.54, 1.807) is 0 Å². The van der Waals surface area contributed by atoms with Gasteiger partial charge in [-0.1, -0.05) is 212 Å². The average molecular weight is 813 g/mol. The number of carbonyl (C=O) groups is 2. The van der Waals surface area contributed by atoms with E-state index < -0.39 is 32.5 Å². The second-order valence-electron chi connectivity index (χ2n) is 16.1. The molecule has 0 aliphatic heterocycles. The maximum Gasteiger partial charge on any atom is 0.469 e. The van der Waals surface area contributed by atoms with Crippen LogP contribution in [0, 0.1) is 0 Å². The largest absolute Gasteiger partial charge is 0.469 e. The van der Waals surface area contributed by atoms with Gasteiger partial charge in [0.15, 0.2) is 6.10 Å². The van der Waals surface area contributed by atoms with E-state index in [-0.39, 0.29) is 19.4 Å². The molecule has 0 fully saturated rings. The number of phosphoric ester groups is 1. The van der Waals surface area contributed by atoms with Crippen molar-refractivity contribution < 1.29 is 37.9 Å². The molecule has 8 nitrogen and oxygen atoms in total. The molecule has 0 aliphatic rings. The number of ether oxygens (including phenoxy) is 2. The van der Waals surface area contributed by atoms with Crippen LogP contribution in [0.2, 0.25) is 0 Å². The Bertz CT molecular complexity index is 962. The van der Waals surface area contributed by atoms with E-state index in [9.17, 15) is 14.2 Å². The normalized spacial score (nSPS) is 12.6. The fourth-order valence-corrected chi connectivity index (χ4v) is 7.30. The Morgan fingerprint density at radius 1 is 0.464 bits per heavy atom. The van der Waals surface area contributed by atoms with Crippen LogP contribution in [0.5, 0.6) is 0 Å². The minimum Gasteiger partial charge on any atom is -0.462 e. The molecule has 9 heteroatoms. The summed E-state index contributed by atoms with van der Waals surface area (Å²) in [4.78, 5) is 43.0. The third-order valence-corrected chi connectivity index (χ3v) is 11.0. The van der Waals surface area contributed by atoms with Crippen LogP contribution in [-0.4, -0.2) is 41.0 Å². The minimum absolute atomic E-state index is 0.210. The maximum atomic E-state index is 12.4. The van der Waals surface area contributed by atoms with Crippen LogP contribution < -0.4 is 0 Å². The van der Waals surface area contributed by atoms with Crippen molar-refractivity contribution in [1.82, 2.24) is 0 Å². The predicted octanol–water partition coefficient (Wildman–Crippen LogP) is 14.7. The Morgan fingerprint density at radius 2 is 0.804 bits per heavy atom. The molecule has 56 heavy (non-hydrogen) atoms. The molecule has 0 saturated heterocycles. The molecule has 2 N–H and O–H groups in total. The number of esters is 2. The highest BCUT2D eigenvalue weighted by Gasteiger charge is 2.23. The summed E-state index contributed by atoms with van der Waals surface area (Å²) in [6.45, 7) is 3.70. The van der Waals surface area contributed by atoms with E-state index in [1.165, 1.54) is 161 Å². The summed E-state index contributed by atoms with van der Waals surface area (Å²) in [5, 5.41) is 0. The van der Waals surface area contributed by atoms with Gasteiger partial charge in [-0.25, -0.2) is 4.57 Å². The lowest BCUT2D eigenvalue weighted by atomic mass is 10.0. The van der Waals surface area contributed by atoms with Gasteiger partial charge in [0.05, 0.1) is 6.61 Å². The molecule has 0 aromatic heterocycles. The lowest BCUT2D eigenvalue weighted by molar-refractivity contribution is -0.161. The molecule has 1 atom stereocenters. The summed E-state index contributed by atoms with van der Waals surface area (Å²) in [6, 6.07) is 0. The zero-order chi connectivity index (χ0) is 41.1. The van der Waals surface area contributed by atoms with E-state index in [1.807, 2.05) is 0 Å². The highest BCUT2D eigenvalue weighted by molar-refractivity contribution is 7.46. The van der Waals surface area contributed by atoms with E-state index in [2.05, 4.69) is 42.7 Å². The average Bonchev–Trinajstić information content (AvgIpc) is 3.17. The summed E-state index contributed by atoms with van der Waals surface area (Å²) in [7, 11) is -4.76. The number of rotatable bonds is 44. The van der Waals surface area contributed by atoms with Crippen LogP contribution in [0.25, 0.3) is 0 Å². The van der Waals surface area contributed by atoms with Gasteiger partial charge in [0.2, 0.25) is 0 Å². The smallest absolute Gasteiger partial charge is 0.462 e. The van der Waals surface area contributed by atoms with Crippen molar-refractivity contribution in [3.63, 3.8) is 0 Å². The molecule has 0 saturated carbocycles. The summed E-state index contributed by atoms with van der Waals surface area (Å²) in [5.41, 5.74) is 0. The molecule has 0 amide bonds. The highest BCUT2D eigenvalue weighted by Crippen LogP contribution is 2.36. The van der Waals surface area contributed by atoms with Gasteiger partial charge >= 0.3 is 19.8 Å². The zero-order valence-corrected chi connectivity index (χ0v) is 37.4. The van der Waals surface area contributed by atoms with E-state index in [0.717, 1.165) is 51.4 Å². The van der Waals surface area contributed by atoms with Gasteiger partial charge in [0, 0.05) is 12.8 Å². The molecule has 0 aromatic carbocycles. The maximum absolute atomic E-state index is 12.4. The first kappa shape index (κ1) is 54.5. The van der Waals surface area contributed by atoms with E-state index >= 15 is 0 Å². The van der Waals surface area contributed by atoms with Crippen molar-refractivity contribution in [2.24, 2.45) is 0 Å². The molecule has 0 spiro atoms. The number of hydrogen-bond donors (Lipinski definition) is 2. The van der Waals surface area contributed by atoms with Gasteiger partial charge in [-0.3, -0.25) is 14.1 Å². The molecule has 0 rings (SSSR count). The number of allylic oxidation sites excluding steroid dienone is 4. The van der Waals surface area contributed by atoms with Gasteiger partial charge in [-0.05, 0) is 44.9 Å². The Kier molecular flexibility index (Phi) is 42.0. The van der Waals surface area contributed by atoms with Gasteiger partial charge in [-0.15, -0.1) is 0 Å². The summed E-state index contributed by atoms with van der Waals surface area (Å²) in [6.07, 6.45) is 50.4. The lowest BCUT2D eigenvalue weighted by Gasteiger charge is -2.18. The van der Waals surface area contributed by atoms with E-state index in [0.29, 0.717) is 6.42 Å². The molecule has 330 valence electrons. The quantitative estimate of drug-likeness (QED) is 0.0270. The minimum atomic E-state index is -4.76. The molecule has 0 bridgehead atoms. The second kappa shape index (κ2) is 43.1. The van der Waals surface area contributed by atoms with Crippen molar-refractivity contribution >= 4 is 19.8 Å². The van der Waals surface area contributed by atoms with Crippen molar-refractivity contribution in [3.8, 4) is 0 Å². The van der Waals surface area contributed by atoms with Crippen molar-refractivity contribution in [1.29, 1.82) is 0 Å². The third-order valence-electron chi connectivity index (χ3n) is 10.5. The SMILES string of the molecule is CCCCC/C=C\C/C=C\CCCCCCCCCCCC(=O)OC(COC(=O)CCCCCCCCCCCCCCCCCCCCC)COP(=O)(O)O. The molecule has 0 aromatic rings. The van der Waals surface area contributed by atoms with Crippen LogP contribution in [0.15, 0.2) is 24.3 Å². The summed E-state index contributed by atoms with van der Waals surface area (Å²) in [5.74, 6) is -0.876. The fourth-order valence-electron chi connectivity index (χ4n) is 6.93. The van der Waals surface area contributed by atoms with Crippen molar-refractivity contribution in [3.05, 3.63) is 24.3 Å². The number of unbranched alkanes of at least 4 members (excludes halogenated alkanes) is 30. The van der Waals surface area contributed by atoms with Crippen LogP contribution in [0.1, 0.15) is 245 Å². The highest BCUT2D eigenvalue weighted by atomic mass is 31.2. The Hall–Kier alpha value is -1.47. The Labute approximate surface area is 345 Å². The number of hydrogen-bond acceptors (Lipinski definition) is 6. The molecule has 0 heterocycles. The van der Waals surface area contributed by atoms with Crippen molar-refractivity contribution in [2.75, 3.05) is 13.2 Å². The predicted molar refractivity (Wildman–Crippen MR) is 235 cm³/mol. The fraction of sp³-hybridized carbons (Fsp3) is 0.872. The van der Waals surface area contributed by atoms with Crippen LogP contribution in [0.3, 0.4) is 0 Å². The topological polar surface area (TPSA) is 119 Å². The summed E-state index contributed by atoms with van der Waals surface area (Å²) >= 11 is 0. The van der Waals surface area contributed by atoms with Gasteiger partial charge in [-0.2, -0.15) is 0 Å². The van der Waals surface area contributed by atoms with Gasteiger partial charge in [0.1, 0.15) is 6.61 Å². The van der Waals surface area contributed by atoms with Crippen LogP contribution in [-0.2, 0) is 28.2 Å². The van der Waals surface area contributed by atoms with Gasteiger partial charge < -0.3 is 19.3 Å². The van der Waals surface area contributed by atoms with Crippen LogP contribution >= 0.6 is 7.82 Å². The van der Waals surface area contributed by atoms with Crippen molar-refractivity contribution in [2.45, 2.75) is 251 Å². The monoisotopic (exact) mass is 813 g/mol. The number of carbonyl (C=O) groups excluding carboxylic acids is 2. The summed E-state index contributed by atoms with van der Waals surface area (Å²) < 4.78 is 26.5. The van der Waals surface area contributed by atoms with Gasteiger partial charge in [0.25, 0.3) is 0 Å². The first-order valence-electron chi connectivity index (χ1n) is 23.6. The standard InChI is InChI=1S/C47H89O8P/c1-3-5-7-9-11-13-15-17-19-21-23-25-27-29-31-33-35-37-39-41-46(48)53-43-45(44-54-56(50,51)52)55-47(49)42-40-38-36-34-32-30-28-26-24-22-20-18-16-14-12-10-8-6-4-2/h12,14,18,20,45H,3-11,13,15-17,19,21-44H2,1-2H3,(H2,50,51,52)/b14-12-,20-18-. The Balaban J connectivity index is 3.83.